The second-order valence-electron chi connectivity index (χ2n) is 8.40. The Morgan fingerprint density at radius 2 is 1.62 bits per heavy atom. The Bertz CT molecular complexity index is 967. The molecule has 0 aliphatic heterocycles. The summed E-state index contributed by atoms with van der Waals surface area (Å²) in [6.07, 6.45) is 3.00. The van der Waals surface area contributed by atoms with Gasteiger partial charge in [0.1, 0.15) is 12.6 Å². The van der Waals surface area contributed by atoms with E-state index in [-0.39, 0.29) is 18.9 Å². The minimum atomic E-state index is -1.06. The van der Waals surface area contributed by atoms with Crippen LogP contribution in [0.1, 0.15) is 49.7 Å². The number of fused-ring (bicyclic) bond motifs is 3. The highest BCUT2D eigenvalue weighted by atomic mass is 32.2. The van der Waals surface area contributed by atoms with Crippen LogP contribution in [0.4, 0.5) is 4.79 Å². The van der Waals surface area contributed by atoms with E-state index in [2.05, 4.69) is 34.9 Å². The summed E-state index contributed by atoms with van der Waals surface area (Å²) < 4.78 is 5.59. The summed E-state index contributed by atoms with van der Waals surface area (Å²) in [6, 6.07) is 14.9. The number of carbonyl (C=O) groups is 3. The molecule has 0 bridgehead atoms. The third kappa shape index (κ3) is 6.53. The molecule has 7 nitrogen and oxygen atoms in total. The van der Waals surface area contributed by atoms with E-state index in [0.29, 0.717) is 18.6 Å². The van der Waals surface area contributed by atoms with Gasteiger partial charge in [-0.15, -0.1) is 0 Å². The molecule has 2 amide bonds. The zero-order valence-electron chi connectivity index (χ0n) is 19.6. The summed E-state index contributed by atoms with van der Waals surface area (Å²) in [6.45, 7) is 2.16. The van der Waals surface area contributed by atoms with Gasteiger partial charge in [-0.25, -0.2) is 9.59 Å². The topological polar surface area (TPSA) is 105 Å². The SMILES string of the molecule is CCC[C@H](CC(=O)N[C@@H](CCSC)C(=O)O)NC(=O)OCC1c2ccccc2-c2ccccc21. The molecule has 0 radical (unpaired) electrons. The molecule has 0 saturated carbocycles. The second kappa shape index (κ2) is 12.5. The van der Waals surface area contributed by atoms with Crippen molar-refractivity contribution in [3.63, 3.8) is 0 Å². The molecule has 0 aromatic heterocycles. The lowest BCUT2D eigenvalue weighted by molar-refractivity contribution is -0.141. The fraction of sp³-hybridized carbons (Fsp3) is 0.423. The Morgan fingerprint density at radius 1 is 1.00 bits per heavy atom. The highest BCUT2D eigenvalue weighted by Crippen LogP contribution is 2.44. The molecular formula is C26H32N2O5S. The van der Waals surface area contributed by atoms with E-state index in [1.807, 2.05) is 37.4 Å². The molecule has 2 atom stereocenters. The quantitative estimate of drug-likeness (QED) is 0.412. The van der Waals surface area contributed by atoms with Gasteiger partial charge in [0.15, 0.2) is 0 Å². The van der Waals surface area contributed by atoms with E-state index in [9.17, 15) is 19.5 Å². The van der Waals surface area contributed by atoms with Crippen molar-refractivity contribution in [1.29, 1.82) is 0 Å². The van der Waals surface area contributed by atoms with Crippen molar-refractivity contribution >= 4 is 29.7 Å². The van der Waals surface area contributed by atoms with E-state index in [0.717, 1.165) is 28.7 Å². The van der Waals surface area contributed by atoms with Crippen molar-refractivity contribution in [2.45, 2.75) is 50.6 Å². The normalized spacial score (nSPS) is 13.9. The number of thioether (sulfide) groups is 1. The van der Waals surface area contributed by atoms with Crippen molar-refractivity contribution in [1.82, 2.24) is 10.6 Å². The van der Waals surface area contributed by atoms with Gasteiger partial charge in [0.05, 0.1) is 0 Å². The molecule has 182 valence electrons. The summed E-state index contributed by atoms with van der Waals surface area (Å²) in [5.41, 5.74) is 4.57. The standard InChI is InChI=1S/C26H32N2O5S/c1-3-8-17(15-24(29)28-23(25(30)31)13-14-34-2)27-26(32)33-16-22-20-11-6-4-9-18(20)19-10-5-7-12-21(19)22/h4-7,9-12,17,22-23H,3,8,13-16H2,1-2H3,(H,27,32)(H,28,29)(H,30,31)/t17-,23+/m1/s1. The lowest BCUT2D eigenvalue weighted by Gasteiger charge is -2.20. The first-order chi connectivity index (χ1) is 16.4. The predicted molar refractivity (Wildman–Crippen MR) is 134 cm³/mol. The molecule has 3 rings (SSSR count). The van der Waals surface area contributed by atoms with Gasteiger partial charge in [-0.2, -0.15) is 11.8 Å². The highest BCUT2D eigenvalue weighted by molar-refractivity contribution is 7.98. The fourth-order valence-corrected chi connectivity index (χ4v) is 4.82. The molecule has 3 N–H and O–H groups in total. The van der Waals surface area contributed by atoms with Crippen molar-refractivity contribution < 1.29 is 24.2 Å². The molecule has 0 fully saturated rings. The molecule has 0 saturated heterocycles. The van der Waals surface area contributed by atoms with Crippen LogP contribution in [0.3, 0.4) is 0 Å². The minimum Gasteiger partial charge on any atom is -0.480 e. The highest BCUT2D eigenvalue weighted by Gasteiger charge is 2.29. The summed E-state index contributed by atoms with van der Waals surface area (Å²) >= 11 is 1.52. The first-order valence-electron chi connectivity index (χ1n) is 11.6. The van der Waals surface area contributed by atoms with Crippen molar-refractivity contribution in [3.05, 3.63) is 59.7 Å². The maximum Gasteiger partial charge on any atom is 0.407 e. The van der Waals surface area contributed by atoms with Crippen molar-refractivity contribution in [2.24, 2.45) is 0 Å². The fourth-order valence-electron chi connectivity index (χ4n) is 4.35. The van der Waals surface area contributed by atoms with Crippen LogP contribution in [0.2, 0.25) is 0 Å². The van der Waals surface area contributed by atoms with Gasteiger partial charge in [0.2, 0.25) is 5.91 Å². The third-order valence-electron chi connectivity index (χ3n) is 5.98. The number of aliphatic carboxylic acids is 1. The summed E-state index contributed by atoms with van der Waals surface area (Å²) in [4.78, 5) is 36.5. The third-order valence-corrected chi connectivity index (χ3v) is 6.62. The van der Waals surface area contributed by atoms with Gasteiger partial charge in [-0.05, 0) is 47.1 Å². The van der Waals surface area contributed by atoms with Gasteiger partial charge < -0.3 is 20.5 Å². The van der Waals surface area contributed by atoms with Gasteiger partial charge in [-0.1, -0.05) is 61.9 Å². The van der Waals surface area contributed by atoms with Crippen LogP contribution in [-0.4, -0.2) is 53.8 Å². The number of rotatable bonds is 12. The first kappa shape index (κ1) is 25.6. The Kier molecular flexibility index (Phi) is 9.39. The van der Waals surface area contributed by atoms with E-state index in [1.54, 1.807) is 0 Å². The number of alkyl carbamates (subject to hydrolysis) is 1. The number of benzene rings is 2. The van der Waals surface area contributed by atoms with E-state index in [1.165, 1.54) is 11.8 Å². The van der Waals surface area contributed by atoms with E-state index < -0.39 is 30.1 Å². The zero-order valence-corrected chi connectivity index (χ0v) is 20.4. The molecule has 2 aromatic rings. The molecular weight excluding hydrogens is 452 g/mol. The van der Waals surface area contributed by atoms with Crippen LogP contribution >= 0.6 is 11.8 Å². The number of nitrogens with one attached hydrogen (secondary N) is 2. The van der Waals surface area contributed by atoms with Gasteiger partial charge >= 0.3 is 12.1 Å². The van der Waals surface area contributed by atoms with Crippen molar-refractivity contribution in [3.8, 4) is 11.1 Å². The molecule has 0 unspecified atom stereocenters. The number of carboxylic acids is 1. The first-order valence-corrected chi connectivity index (χ1v) is 13.0. The Labute approximate surface area is 204 Å². The lowest BCUT2D eigenvalue weighted by Crippen LogP contribution is -2.45. The van der Waals surface area contributed by atoms with Crippen LogP contribution in [0.15, 0.2) is 48.5 Å². The number of carbonyl (C=O) groups excluding carboxylic acids is 2. The van der Waals surface area contributed by atoms with Gasteiger partial charge in [-0.3, -0.25) is 4.79 Å². The Morgan fingerprint density at radius 3 is 2.18 bits per heavy atom. The molecule has 1 aliphatic rings. The van der Waals surface area contributed by atoms with Crippen LogP contribution in [0.25, 0.3) is 11.1 Å². The smallest absolute Gasteiger partial charge is 0.407 e. The summed E-state index contributed by atoms with van der Waals surface area (Å²) in [5.74, 6) is -0.864. The van der Waals surface area contributed by atoms with E-state index >= 15 is 0 Å². The number of hydrogen-bond donors (Lipinski definition) is 3. The molecule has 8 heteroatoms. The summed E-state index contributed by atoms with van der Waals surface area (Å²) in [5, 5.41) is 14.7. The molecule has 1 aliphatic carbocycles. The average molecular weight is 485 g/mol. The number of amides is 2. The number of carboxylic acid groups (broad SMARTS) is 1. The Hall–Kier alpha value is -3.00. The Balaban J connectivity index is 1.57. The average Bonchev–Trinajstić information content (AvgIpc) is 3.14. The van der Waals surface area contributed by atoms with Gasteiger partial charge in [0.25, 0.3) is 0 Å². The van der Waals surface area contributed by atoms with Crippen LogP contribution < -0.4 is 10.6 Å². The van der Waals surface area contributed by atoms with Gasteiger partial charge in [0, 0.05) is 18.4 Å². The molecule has 2 aromatic carbocycles. The zero-order chi connectivity index (χ0) is 24.5. The number of hydrogen-bond acceptors (Lipinski definition) is 5. The second-order valence-corrected chi connectivity index (χ2v) is 9.39. The van der Waals surface area contributed by atoms with Crippen molar-refractivity contribution in [2.75, 3.05) is 18.6 Å². The maximum absolute atomic E-state index is 12.6. The van der Waals surface area contributed by atoms with Crippen LogP contribution in [0.5, 0.6) is 0 Å². The molecule has 34 heavy (non-hydrogen) atoms. The minimum absolute atomic E-state index is 0.00107. The predicted octanol–water partition coefficient (Wildman–Crippen LogP) is 4.41. The molecule has 0 spiro atoms. The van der Waals surface area contributed by atoms with E-state index in [4.69, 9.17) is 4.74 Å². The molecule has 0 heterocycles. The number of ether oxygens (including phenoxy) is 1. The van der Waals surface area contributed by atoms with Crippen LogP contribution in [0, 0.1) is 0 Å². The largest absolute Gasteiger partial charge is 0.480 e. The lowest BCUT2D eigenvalue weighted by atomic mass is 9.98. The monoisotopic (exact) mass is 484 g/mol. The maximum atomic E-state index is 12.6. The summed E-state index contributed by atoms with van der Waals surface area (Å²) in [7, 11) is 0. The van der Waals surface area contributed by atoms with Crippen LogP contribution in [-0.2, 0) is 14.3 Å².